The maximum atomic E-state index is 5.69. The zero-order valence-electron chi connectivity index (χ0n) is 11.2. The first kappa shape index (κ1) is 13.5. The smallest absolute Gasteiger partial charge is 0.150 e. The fourth-order valence-corrected chi connectivity index (χ4v) is 2.42. The summed E-state index contributed by atoms with van der Waals surface area (Å²) in [5, 5.41) is 4.69. The predicted octanol–water partition coefficient (Wildman–Crippen LogP) is 3.07. The molecule has 1 heterocycles. The molecule has 0 aliphatic heterocycles. The van der Waals surface area contributed by atoms with Crippen LogP contribution < -0.4 is 16.0 Å². The molecule has 0 unspecified atom stereocenters. The zero-order chi connectivity index (χ0) is 14.5. The Balaban J connectivity index is 1.68. The third-order valence-electron chi connectivity index (χ3n) is 3.02. The molecule has 0 atom stereocenters. The van der Waals surface area contributed by atoms with E-state index < -0.39 is 0 Å². The molecular weight excluding hydrogens is 284 g/mol. The molecule has 0 fully saturated rings. The summed E-state index contributed by atoms with van der Waals surface area (Å²) in [6, 6.07) is 18.2. The van der Waals surface area contributed by atoms with Gasteiger partial charge in [0.25, 0.3) is 0 Å². The van der Waals surface area contributed by atoms with E-state index in [1.54, 1.807) is 0 Å². The van der Waals surface area contributed by atoms with Gasteiger partial charge in [-0.25, -0.2) is 5.84 Å². The van der Waals surface area contributed by atoms with Gasteiger partial charge in [-0.1, -0.05) is 47.0 Å². The van der Waals surface area contributed by atoms with Gasteiger partial charge in [-0.2, -0.15) is 0 Å². The number of hydrogen-bond acceptors (Lipinski definition) is 6. The summed E-state index contributed by atoms with van der Waals surface area (Å²) in [5.74, 6) is 6.16. The minimum atomic E-state index is 0.334. The Bertz CT molecular complexity index is 697. The molecule has 3 N–H and O–H groups in total. The number of nitrogen functional groups attached to an aromatic ring is 1. The van der Waals surface area contributed by atoms with Crippen LogP contribution in [0.4, 0.5) is 5.00 Å². The normalized spacial score (nSPS) is 10.3. The van der Waals surface area contributed by atoms with E-state index in [0.29, 0.717) is 12.3 Å². The number of rotatable bonds is 5. The Morgan fingerprint density at radius 3 is 2.43 bits per heavy atom. The quantitative estimate of drug-likeness (QED) is 0.559. The van der Waals surface area contributed by atoms with Crippen molar-refractivity contribution in [2.24, 2.45) is 5.84 Å². The Morgan fingerprint density at radius 1 is 1.00 bits per heavy atom. The molecule has 2 aromatic carbocycles. The van der Waals surface area contributed by atoms with Gasteiger partial charge >= 0.3 is 0 Å². The van der Waals surface area contributed by atoms with Crippen molar-refractivity contribution in [3.63, 3.8) is 0 Å². The number of anilines is 1. The molecule has 21 heavy (non-hydrogen) atoms. The van der Waals surface area contributed by atoms with Crippen molar-refractivity contribution in [1.29, 1.82) is 0 Å². The number of hydrogen-bond donors (Lipinski definition) is 2. The Labute approximate surface area is 126 Å². The molecule has 0 saturated carbocycles. The van der Waals surface area contributed by atoms with Gasteiger partial charge < -0.3 is 10.2 Å². The molecule has 0 bridgehead atoms. The molecule has 0 amide bonds. The van der Waals surface area contributed by atoms with Gasteiger partial charge in [-0.15, -0.1) is 5.10 Å². The van der Waals surface area contributed by atoms with Crippen molar-refractivity contribution in [3.8, 4) is 16.9 Å². The average Bonchev–Trinajstić information content (AvgIpc) is 3.02. The van der Waals surface area contributed by atoms with Gasteiger partial charge in [0.15, 0.2) is 5.00 Å². The molecule has 6 heteroatoms. The van der Waals surface area contributed by atoms with Crippen molar-refractivity contribution >= 4 is 16.5 Å². The highest BCUT2D eigenvalue weighted by atomic mass is 32.1. The van der Waals surface area contributed by atoms with Crippen LogP contribution in [-0.2, 0) is 6.61 Å². The second-order valence-electron chi connectivity index (χ2n) is 4.37. The van der Waals surface area contributed by atoms with Crippen LogP contribution in [0.15, 0.2) is 54.6 Å². The van der Waals surface area contributed by atoms with E-state index in [1.165, 1.54) is 17.1 Å². The SMILES string of the molecule is NNc1snnc1COc1ccc(-c2ccccc2)cc1. The van der Waals surface area contributed by atoms with E-state index in [2.05, 4.69) is 27.1 Å². The van der Waals surface area contributed by atoms with Crippen LogP contribution in [-0.4, -0.2) is 9.59 Å². The van der Waals surface area contributed by atoms with Crippen molar-refractivity contribution < 1.29 is 4.74 Å². The Morgan fingerprint density at radius 2 is 1.71 bits per heavy atom. The number of ether oxygens (including phenoxy) is 1. The lowest BCUT2D eigenvalue weighted by atomic mass is 10.1. The van der Waals surface area contributed by atoms with Crippen LogP contribution in [0.2, 0.25) is 0 Å². The summed E-state index contributed by atoms with van der Waals surface area (Å²) in [6.45, 7) is 0.334. The van der Waals surface area contributed by atoms with Crippen molar-refractivity contribution in [3.05, 3.63) is 60.3 Å². The fraction of sp³-hybridized carbons (Fsp3) is 0.0667. The summed E-state index contributed by atoms with van der Waals surface area (Å²) in [6.07, 6.45) is 0. The number of nitrogens with two attached hydrogens (primary N) is 1. The van der Waals surface area contributed by atoms with E-state index >= 15 is 0 Å². The fourth-order valence-electron chi connectivity index (χ4n) is 1.94. The van der Waals surface area contributed by atoms with Gasteiger partial charge in [0.05, 0.1) is 0 Å². The minimum Gasteiger partial charge on any atom is -0.487 e. The highest BCUT2D eigenvalue weighted by molar-refractivity contribution is 7.10. The topological polar surface area (TPSA) is 73.1 Å². The second-order valence-corrected chi connectivity index (χ2v) is 5.13. The largest absolute Gasteiger partial charge is 0.487 e. The van der Waals surface area contributed by atoms with Gasteiger partial charge in [0.1, 0.15) is 18.1 Å². The Kier molecular flexibility index (Phi) is 4.09. The van der Waals surface area contributed by atoms with Gasteiger partial charge in [-0.3, -0.25) is 0 Å². The van der Waals surface area contributed by atoms with Crippen molar-refractivity contribution in [2.45, 2.75) is 6.61 Å². The number of benzene rings is 2. The van der Waals surface area contributed by atoms with E-state index in [4.69, 9.17) is 10.6 Å². The molecule has 5 nitrogen and oxygen atoms in total. The lowest BCUT2D eigenvalue weighted by molar-refractivity contribution is 0.302. The first-order valence-corrected chi connectivity index (χ1v) is 7.20. The van der Waals surface area contributed by atoms with Crippen LogP contribution in [0.25, 0.3) is 11.1 Å². The first-order valence-electron chi connectivity index (χ1n) is 6.43. The van der Waals surface area contributed by atoms with E-state index in [-0.39, 0.29) is 0 Å². The van der Waals surface area contributed by atoms with Gasteiger partial charge in [-0.05, 0) is 23.3 Å². The summed E-state index contributed by atoms with van der Waals surface area (Å²) < 4.78 is 9.52. The molecule has 0 aliphatic rings. The lowest BCUT2D eigenvalue weighted by Gasteiger charge is -2.07. The number of hydrazine groups is 1. The summed E-state index contributed by atoms with van der Waals surface area (Å²) in [4.78, 5) is 0. The van der Waals surface area contributed by atoms with Crippen LogP contribution in [0.5, 0.6) is 5.75 Å². The molecule has 1 aromatic heterocycles. The van der Waals surface area contributed by atoms with E-state index in [1.807, 2.05) is 42.5 Å². The van der Waals surface area contributed by atoms with Crippen molar-refractivity contribution in [1.82, 2.24) is 9.59 Å². The van der Waals surface area contributed by atoms with Crippen LogP contribution in [0, 0.1) is 0 Å². The average molecular weight is 298 g/mol. The summed E-state index contributed by atoms with van der Waals surface area (Å²) in [7, 11) is 0. The first-order chi connectivity index (χ1) is 10.4. The third-order valence-corrected chi connectivity index (χ3v) is 3.72. The summed E-state index contributed by atoms with van der Waals surface area (Å²) in [5.41, 5.74) is 5.60. The van der Waals surface area contributed by atoms with Crippen LogP contribution in [0.3, 0.4) is 0 Å². The highest BCUT2D eigenvalue weighted by Gasteiger charge is 2.07. The van der Waals surface area contributed by atoms with Crippen LogP contribution in [0.1, 0.15) is 5.69 Å². The molecule has 3 rings (SSSR count). The zero-order valence-corrected chi connectivity index (χ0v) is 12.0. The molecule has 106 valence electrons. The van der Waals surface area contributed by atoms with Crippen molar-refractivity contribution in [2.75, 3.05) is 5.43 Å². The maximum absolute atomic E-state index is 5.69. The molecule has 0 radical (unpaired) electrons. The number of nitrogens with zero attached hydrogens (tertiary/aromatic N) is 2. The monoisotopic (exact) mass is 298 g/mol. The molecule has 3 aromatic rings. The summed E-state index contributed by atoms with van der Waals surface area (Å²) >= 11 is 1.21. The lowest BCUT2D eigenvalue weighted by Crippen LogP contribution is -2.08. The maximum Gasteiger partial charge on any atom is 0.150 e. The molecule has 0 aliphatic carbocycles. The number of aromatic nitrogens is 2. The standard InChI is InChI=1S/C15H14N4OS/c16-17-15-14(18-19-21-15)10-20-13-8-6-12(7-9-13)11-4-2-1-3-5-11/h1-9,17H,10,16H2. The minimum absolute atomic E-state index is 0.334. The van der Waals surface area contributed by atoms with Crippen LogP contribution >= 0.6 is 11.5 Å². The Hall–Kier alpha value is -2.44. The molecule has 0 saturated heterocycles. The predicted molar refractivity (Wildman–Crippen MR) is 83.9 cm³/mol. The second kappa shape index (κ2) is 6.34. The molecular formula is C15H14N4OS. The third kappa shape index (κ3) is 3.18. The number of nitrogens with one attached hydrogen (secondary N) is 1. The van der Waals surface area contributed by atoms with E-state index in [9.17, 15) is 0 Å². The van der Waals surface area contributed by atoms with Gasteiger partial charge in [0.2, 0.25) is 0 Å². The highest BCUT2D eigenvalue weighted by Crippen LogP contribution is 2.23. The van der Waals surface area contributed by atoms with E-state index in [0.717, 1.165) is 16.3 Å². The molecule has 0 spiro atoms. The van der Waals surface area contributed by atoms with Gasteiger partial charge in [0, 0.05) is 11.5 Å².